The van der Waals surface area contributed by atoms with Crippen LogP contribution in [0.5, 0.6) is 0 Å². The van der Waals surface area contributed by atoms with E-state index in [0.717, 1.165) is 49.2 Å². The first-order chi connectivity index (χ1) is 17.0. The summed E-state index contributed by atoms with van der Waals surface area (Å²) < 4.78 is 28.8. The third-order valence-corrected chi connectivity index (χ3v) is 6.35. The topological polar surface area (TPSA) is 96.0 Å². The van der Waals surface area contributed by atoms with Gasteiger partial charge in [-0.2, -0.15) is 0 Å². The number of benzene rings is 2. The summed E-state index contributed by atoms with van der Waals surface area (Å²) in [5, 5.41) is 9.07. The average molecular weight is 478 g/mol. The van der Waals surface area contributed by atoms with Crippen LogP contribution in [0.3, 0.4) is 0 Å². The molecule has 7 nitrogen and oxygen atoms in total. The maximum absolute atomic E-state index is 14.4. The number of hydrogen-bond donors (Lipinski definition) is 3. The summed E-state index contributed by atoms with van der Waals surface area (Å²) in [6, 6.07) is 11.3. The fourth-order valence-electron chi connectivity index (χ4n) is 4.55. The first-order valence-electron chi connectivity index (χ1n) is 11.7. The van der Waals surface area contributed by atoms with Gasteiger partial charge in [0.15, 0.2) is 5.82 Å². The lowest BCUT2D eigenvalue weighted by Crippen LogP contribution is -2.43. The Labute approximate surface area is 201 Å². The van der Waals surface area contributed by atoms with E-state index in [1.165, 1.54) is 6.07 Å². The van der Waals surface area contributed by atoms with Gasteiger partial charge in [0.1, 0.15) is 11.6 Å². The molecule has 2 amide bonds. The van der Waals surface area contributed by atoms with Gasteiger partial charge in [-0.05, 0) is 49.2 Å². The van der Waals surface area contributed by atoms with E-state index >= 15 is 0 Å². The highest BCUT2D eigenvalue weighted by Crippen LogP contribution is 2.27. The van der Waals surface area contributed by atoms with E-state index in [4.69, 9.17) is 0 Å². The van der Waals surface area contributed by atoms with Crippen LogP contribution in [-0.4, -0.2) is 40.9 Å². The van der Waals surface area contributed by atoms with Crippen LogP contribution in [0.25, 0.3) is 11.4 Å². The molecular weight excluding hydrogens is 452 g/mol. The van der Waals surface area contributed by atoms with Crippen molar-refractivity contribution in [2.45, 2.75) is 38.3 Å². The zero-order valence-electron chi connectivity index (χ0n) is 19.0. The molecule has 2 aliphatic heterocycles. The second-order valence-corrected chi connectivity index (χ2v) is 8.86. The van der Waals surface area contributed by atoms with Crippen LogP contribution < -0.4 is 16.0 Å². The van der Waals surface area contributed by atoms with E-state index in [-0.39, 0.29) is 48.6 Å². The molecule has 0 bridgehead atoms. The van der Waals surface area contributed by atoms with Crippen molar-refractivity contribution in [3.63, 3.8) is 0 Å². The molecule has 0 saturated carbocycles. The van der Waals surface area contributed by atoms with Gasteiger partial charge in [-0.25, -0.2) is 18.7 Å². The molecule has 1 aromatic heterocycles. The number of nitrogens with zero attached hydrogens (tertiary/aromatic N) is 2. The molecule has 35 heavy (non-hydrogen) atoms. The summed E-state index contributed by atoms with van der Waals surface area (Å²) in [5.41, 5.74) is 2.58. The number of aromatic nitrogens is 2. The Morgan fingerprint density at radius 3 is 2.37 bits per heavy atom. The Balaban J connectivity index is 1.35. The number of halogens is 2. The molecule has 2 aliphatic rings. The Bertz CT molecular complexity index is 1250. The molecule has 0 spiro atoms. The van der Waals surface area contributed by atoms with Gasteiger partial charge in [-0.3, -0.25) is 9.59 Å². The number of carbonyl (C=O) groups is 2. The van der Waals surface area contributed by atoms with Crippen LogP contribution >= 0.6 is 0 Å². The summed E-state index contributed by atoms with van der Waals surface area (Å²) in [7, 11) is 0. The van der Waals surface area contributed by atoms with Crippen molar-refractivity contribution in [3.8, 4) is 11.4 Å². The van der Waals surface area contributed by atoms with Crippen LogP contribution in [-0.2, 0) is 24.2 Å². The van der Waals surface area contributed by atoms with Gasteiger partial charge in [0.2, 0.25) is 5.91 Å². The molecule has 1 fully saturated rings. The summed E-state index contributed by atoms with van der Waals surface area (Å²) in [6.07, 6.45) is 2.43. The number of rotatable bonds is 6. The Morgan fingerprint density at radius 1 is 0.971 bits per heavy atom. The molecule has 5 rings (SSSR count). The smallest absolute Gasteiger partial charge is 0.255 e. The second kappa shape index (κ2) is 9.87. The van der Waals surface area contributed by atoms with E-state index in [1.807, 2.05) is 24.3 Å². The van der Waals surface area contributed by atoms with E-state index < -0.39 is 11.6 Å². The van der Waals surface area contributed by atoms with Crippen LogP contribution in [0.1, 0.15) is 45.7 Å². The van der Waals surface area contributed by atoms with E-state index in [2.05, 4.69) is 25.9 Å². The van der Waals surface area contributed by atoms with E-state index in [1.54, 1.807) is 0 Å². The number of fused-ring (bicyclic) bond motifs is 1. The normalized spacial score (nSPS) is 15.5. The number of piperidine rings is 1. The number of amides is 2. The first-order valence-corrected chi connectivity index (χ1v) is 11.7. The van der Waals surface area contributed by atoms with Gasteiger partial charge in [0.25, 0.3) is 5.91 Å². The number of hydrogen-bond acceptors (Lipinski definition) is 5. The van der Waals surface area contributed by atoms with Crippen molar-refractivity contribution >= 4 is 11.8 Å². The zero-order chi connectivity index (χ0) is 24.4. The summed E-state index contributed by atoms with van der Waals surface area (Å²) in [4.78, 5) is 33.5. The molecule has 0 atom stereocenters. The summed E-state index contributed by atoms with van der Waals surface area (Å²) in [6.45, 7) is 2.00. The van der Waals surface area contributed by atoms with Gasteiger partial charge in [0.05, 0.1) is 35.5 Å². The monoisotopic (exact) mass is 477 g/mol. The van der Waals surface area contributed by atoms with Crippen LogP contribution in [0.15, 0.2) is 42.5 Å². The quantitative estimate of drug-likeness (QED) is 0.507. The minimum atomic E-state index is -0.764. The first kappa shape index (κ1) is 23.0. The molecule has 0 radical (unpaired) electrons. The third kappa shape index (κ3) is 5.05. The fourth-order valence-corrected chi connectivity index (χ4v) is 4.55. The standard InChI is InChI=1S/C26H25F2N5O2/c27-18-2-1-3-19(28)23(18)25-32-20(24-21(33-25)14-30-26(24)35)12-15-4-6-16(7-5-15)13-22(34)31-17-8-10-29-11-9-17/h1-7,17,29H,8-14H2,(H,30,35)(H,31,34). The molecule has 0 aliphatic carbocycles. The predicted octanol–water partition coefficient (Wildman–Crippen LogP) is 2.67. The largest absolute Gasteiger partial charge is 0.353 e. The maximum Gasteiger partial charge on any atom is 0.255 e. The second-order valence-electron chi connectivity index (χ2n) is 8.86. The molecule has 1 saturated heterocycles. The van der Waals surface area contributed by atoms with Crippen molar-refractivity contribution in [1.82, 2.24) is 25.9 Å². The highest BCUT2D eigenvalue weighted by Gasteiger charge is 2.28. The SMILES string of the molecule is O=C(Cc1ccc(Cc2nc(-c3c(F)cccc3F)nc3c2C(=O)NC3)cc1)NC1CCNCC1. The molecular formula is C26H25F2N5O2. The molecule has 3 heterocycles. The van der Waals surface area contributed by atoms with Crippen molar-refractivity contribution in [2.24, 2.45) is 0 Å². The van der Waals surface area contributed by atoms with Crippen molar-refractivity contribution < 1.29 is 18.4 Å². The van der Waals surface area contributed by atoms with E-state index in [9.17, 15) is 18.4 Å². The molecule has 0 unspecified atom stereocenters. The molecule has 9 heteroatoms. The van der Waals surface area contributed by atoms with Gasteiger partial charge in [-0.15, -0.1) is 0 Å². The maximum atomic E-state index is 14.4. The van der Waals surface area contributed by atoms with Crippen molar-refractivity contribution in [1.29, 1.82) is 0 Å². The van der Waals surface area contributed by atoms with Crippen molar-refractivity contribution in [3.05, 3.63) is 82.2 Å². The highest BCUT2D eigenvalue weighted by molar-refractivity contribution is 5.99. The van der Waals surface area contributed by atoms with E-state index in [0.29, 0.717) is 17.0 Å². The minimum Gasteiger partial charge on any atom is -0.353 e. The number of nitrogens with one attached hydrogen (secondary N) is 3. The Morgan fingerprint density at radius 2 is 1.66 bits per heavy atom. The van der Waals surface area contributed by atoms with Crippen molar-refractivity contribution in [2.75, 3.05) is 13.1 Å². The van der Waals surface area contributed by atoms with Gasteiger partial charge in [0, 0.05) is 12.5 Å². The highest BCUT2D eigenvalue weighted by atomic mass is 19.1. The fraction of sp³-hybridized carbons (Fsp3) is 0.308. The minimum absolute atomic E-state index is 0.00787. The Kier molecular flexibility index (Phi) is 6.50. The summed E-state index contributed by atoms with van der Waals surface area (Å²) in [5.74, 6) is -1.93. The van der Waals surface area contributed by atoms with Crippen LogP contribution in [0, 0.1) is 11.6 Å². The van der Waals surface area contributed by atoms with Crippen LogP contribution in [0.2, 0.25) is 0 Å². The lowest BCUT2D eigenvalue weighted by atomic mass is 10.0. The molecule has 3 N–H and O–H groups in total. The van der Waals surface area contributed by atoms with Gasteiger partial charge < -0.3 is 16.0 Å². The van der Waals surface area contributed by atoms with Gasteiger partial charge >= 0.3 is 0 Å². The number of carbonyl (C=O) groups excluding carboxylic acids is 2. The molecule has 180 valence electrons. The zero-order valence-corrected chi connectivity index (χ0v) is 19.0. The lowest BCUT2D eigenvalue weighted by Gasteiger charge is -2.23. The molecule has 2 aromatic carbocycles. The average Bonchev–Trinajstić information content (AvgIpc) is 3.22. The molecule has 3 aromatic rings. The van der Waals surface area contributed by atoms with Crippen LogP contribution in [0.4, 0.5) is 8.78 Å². The predicted molar refractivity (Wildman–Crippen MR) is 126 cm³/mol. The summed E-state index contributed by atoms with van der Waals surface area (Å²) >= 11 is 0. The third-order valence-electron chi connectivity index (χ3n) is 6.35. The van der Waals surface area contributed by atoms with Gasteiger partial charge in [-0.1, -0.05) is 30.3 Å². The lowest BCUT2D eigenvalue weighted by molar-refractivity contribution is -0.121. The Hall–Kier alpha value is -3.72.